The standard InChI is InChI=1S/C13H13N5OS/c1-9-15-13(18-17-9)20-6-5-12(19)16-11-4-2-3-10(7-11)8-14/h2-4,7H,5-6H2,1H3,(H,16,19)(H,15,17,18). The van der Waals surface area contributed by atoms with E-state index in [1.165, 1.54) is 11.8 Å². The number of nitrogens with one attached hydrogen (secondary N) is 2. The topological polar surface area (TPSA) is 94.5 Å². The van der Waals surface area contributed by atoms with Crippen LogP contribution in [0.5, 0.6) is 0 Å². The number of thioether (sulfide) groups is 1. The molecule has 1 heterocycles. The number of aryl methyl sites for hydroxylation is 1. The molecule has 7 heteroatoms. The van der Waals surface area contributed by atoms with Crippen molar-refractivity contribution in [3.63, 3.8) is 0 Å². The molecule has 0 atom stereocenters. The smallest absolute Gasteiger partial charge is 0.225 e. The maximum atomic E-state index is 11.8. The molecule has 0 saturated carbocycles. The van der Waals surface area contributed by atoms with E-state index in [9.17, 15) is 4.79 Å². The summed E-state index contributed by atoms with van der Waals surface area (Å²) in [6, 6.07) is 8.86. The molecule has 0 spiro atoms. The van der Waals surface area contributed by atoms with Gasteiger partial charge in [0.15, 0.2) is 0 Å². The van der Waals surface area contributed by atoms with Crippen LogP contribution in [0.2, 0.25) is 0 Å². The molecule has 1 amide bonds. The number of amides is 1. The normalized spacial score (nSPS) is 10.0. The fourth-order valence-corrected chi connectivity index (χ4v) is 2.29. The molecule has 0 radical (unpaired) electrons. The molecule has 20 heavy (non-hydrogen) atoms. The highest BCUT2D eigenvalue weighted by Gasteiger charge is 2.05. The number of nitrogens with zero attached hydrogens (tertiary/aromatic N) is 3. The summed E-state index contributed by atoms with van der Waals surface area (Å²) in [4.78, 5) is 15.9. The van der Waals surface area contributed by atoms with Gasteiger partial charge in [-0.05, 0) is 25.1 Å². The number of benzene rings is 1. The second-order valence-electron chi connectivity index (χ2n) is 4.04. The predicted octanol–water partition coefficient (Wildman–Crippen LogP) is 2.11. The summed E-state index contributed by atoms with van der Waals surface area (Å²) in [5.74, 6) is 1.26. The number of nitriles is 1. The zero-order chi connectivity index (χ0) is 14.4. The third-order valence-electron chi connectivity index (χ3n) is 2.41. The number of H-pyrrole nitrogens is 1. The van der Waals surface area contributed by atoms with Crippen LogP contribution in [-0.2, 0) is 4.79 Å². The summed E-state index contributed by atoms with van der Waals surface area (Å²) in [5.41, 5.74) is 1.15. The highest BCUT2D eigenvalue weighted by atomic mass is 32.2. The Morgan fingerprint density at radius 2 is 2.40 bits per heavy atom. The second kappa shape index (κ2) is 6.73. The van der Waals surface area contributed by atoms with E-state index in [2.05, 4.69) is 20.5 Å². The molecule has 6 nitrogen and oxygen atoms in total. The van der Waals surface area contributed by atoms with Gasteiger partial charge in [0.2, 0.25) is 11.1 Å². The van der Waals surface area contributed by atoms with Crippen LogP contribution in [0.25, 0.3) is 0 Å². The molecule has 0 saturated heterocycles. The number of aromatic nitrogens is 3. The van der Waals surface area contributed by atoms with E-state index in [4.69, 9.17) is 5.26 Å². The Bertz CT molecular complexity index is 646. The van der Waals surface area contributed by atoms with Gasteiger partial charge in [0.25, 0.3) is 0 Å². The molecule has 0 unspecified atom stereocenters. The van der Waals surface area contributed by atoms with Crippen LogP contribution in [0, 0.1) is 18.3 Å². The Hall–Kier alpha value is -2.33. The maximum absolute atomic E-state index is 11.8. The zero-order valence-electron chi connectivity index (χ0n) is 10.9. The van der Waals surface area contributed by atoms with Gasteiger partial charge in [-0.15, -0.1) is 5.10 Å². The number of carbonyl (C=O) groups excluding carboxylic acids is 1. The average molecular weight is 287 g/mol. The molecule has 0 aliphatic rings. The lowest BCUT2D eigenvalue weighted by molar-refractivity contribution is -0.115. The largest absolute Gasteiger partial charge is 0.326 e. The maximum Gasteiger partial charge on any atom is 0.225 e. The highest BCUT2D eigenvalue weighted by Crippen LogP contribution is 2.14. The molecule has 2 rings (SSSR count). The first-order valence-electron chi connectivity index (χ1n) is 5.99. The minimum Gasteiger partial charge on any atom is -0.326 e. The molecule has 0 fully saturated rings. The Morgan fingerprint density at radius 1 is 1.55 bits per heavy atom. The first kappa shape index (κ1) is 14.1. The summed E-state index contributed by atoms with van der Waals surface area (Å²) >= 11 is 1.42. The Kier molecular flexibility index (Phi) is 4.74. The molecular formula is C13H13N5OS. The van der Waals surface area contributed by atoms with Crippen LogP contribution in [0.4, 0.5) is 5.69 Å². The molecule has 2 aromatic rings. The van der Waals surface area contributed by atoms with E-state index in [1.807, 2.05) is 13.0 Å². The van der Waals surface area contributed by atoms with Crippen LogP contribution in [0.1, 0.15) is 17.8 Å². The Balaban J connectivity index is 1.79. The van der Waals surface area contributed by atoms with Crippen LogP contribution in [0.15, 0.2) is 29.4 Å². The third kappa shape index (κ3) is 4.10. The Labute approximate surface area is 120 Å². The van der Waals surface area contributed by atoms with Crippen molar-refractivity contribution in [2.24, 2.45) is 0 Å². The molecule has 2 N–H and O–H groups in total. The lowest BCUT2D eigenvalue weighted by atomic mass is 10.2. The van der Waals surface area contributed by atoms with Gasteiger partial charge in [-0.2, -0.15) is 5.26 Å². The van der Waals surface area contributed by atoms with Crippen LogP contribution in [-0.4, -0.2) is 26.8 Å². The van der Waals surface area contributed by atoms with Gasteiger partial charge in [-0.25, -0.2) is 4.98 Å². The molecule has 0 bridgehead atoms. The van der Waals surface area contributed by atoms with Crippen LogP contribution >= 0.6 is 11.8 Å². The third-order valence-corrected chi connectivity index (χ3v) is 3.26. The van der Waals surface area contributed by atoms with Gasteiger partial charge in [-0.1, -0.05) is 17.8 Å². The summed E-state index contributed by atoms with van der Waals surface area (Å²) in [6.07, 6.45) is 0.356. The number of carbonyl (C=O) groups is 1. The van der Waals surface area contributed by atoms with Crippen molar-refractivity contribution in [3.8, 4) is 6.07 Å². The number of rotatable bonds is 5. The van der Waals surface area contributed by atoms with Crippen molar-refractivity contribution in [2.45, 2.75) is 18.5 Å². The lowest BCUT2D eigenvalue weighted by Crippen LogP contribution is -2.12. The predicted molar refractivity (Wildman–Crippen MR) is 76.2 cm³/mol. The SMILES string of the molecule is Cc1nc(SCCC(=O)Nc2cccc(C#N)c2)n[nH]1. The Morgan fingerprint density at radius 3 is 3.10 bits per heavy atom. The minimum atomic E-state index is -0.0974. The van der Waals surface area contributed by atoms with E-state index >= 15 is 0 Å². The fraction of sp³-hybridized carbons (Fsp3) is 0.231. The second-order valence-corrected chi connectivity index (χ2v) is 5.10. The van der Waals surface area contributed by atoms with E-state index in [1.54, 1.807) is 24.3 Å². The number of anilines is 1. The van der Waals surface area contributed by atoms with E-state index in [0.717, 1.165) is 5.82 Å². The quantitative estimate of drug-likeness (QED) is 0.821. The van der Waals surface area contributed by atoms with E-state index in [-0.39, 0.29) is 5.91 Å². The first-order chi connectivity index (χ1) is 9.67. The van der Waals surface area contributed by atoms with Gasteiger partial charge < -0.3 is 5.32 Å². The summed E-state index contributed by atoms with van der Waals surface area (Å²) in [6.45, 7) is 1.83. The van der Waals surface area contributed by atoms with E-state index < -0.39 is 0 Å². The monoisotopic (exact) mass is 287 g/mol. The van der Waals surface area contributed by atoms with Gasteiger partial charge in [0.05, 0.1) is 11.6 Å². The summed E-state index contributed by atoms with van der Waals surface area (Å²) in [7, 11) is 0. The van der Waals surface area contributed by atoms with Crippen molar-refractivity contribution >= 4 is 23.4 Å². The minimum absolute atomic E-state index is 0.0974. The molecule has 1 aromatic heterocycles. The summed E-state index contributed by atoms with van der Waals surface area (Å²) in [5, 5.41) is 18.9. The van der Waals surface area contributed by atoms with Crippen molar-refractivity contribution in [1.29, 1.82) is 5.26 Å². The van der Waals surface area contributed by atoms with Crippen molar-refractivity contribution in [1.82, 2.24) is 15.2 Å². The van der Waals surface area contributed by atoms with Gasteiger partial charge in [0, 0.05) is 17.9 Å². The first-order valence-corrected chi connectivity index (χ1v) is 6.98. The number of hydrogen-bond acceptors (Lipinski definition) is 5. The number of aromatic amines is 1. The fourth-order valence-electron chi connectivity index (χ4n) is 1.51. The van der Waals surface area contributed by atoms with Crippen molar-refractivity contribution < 1.29 is 4.79 Å². The molecule has 0 aliphatic heterocycles. The molecule has 102 valence electrons. The van der Waals surface area contributed by atoms with Gasteiger partial charge >= 0.3 is 0 Å². The van der Waals surface area contributed by atoms with E-state index in [0.29, 0.717) is 28.6 Å². The molecular weight excluding hydrogens is 274 g/mol. The zero-order valence-corrected chi connectivity index (χ0v) is 11.7. The van der Waals surface area contributed by atoms with Crippen LogP contribution < -0.4 is 5.32 Å². The van der Waals surface area contributed by atoms with Gasteiger partial charge in [0.1, 0.15) is 5.82 Å². The van der Waals surface area contributed by atoms with Gasteiger partial charge in [-0.3, -0.25) is 9.89 Å². The average Bonchev–Trinajstić information content (AvgIpc) is 2.84. The van der Waals surface area contributed by atoms with Crippen LogP contribution in [0.3, 0.4) is 0 Å². The van der Waals surface area contributed by atoms with Crippen molar-refractivity contribution in [3.05, 3.63) is 35.7 Å². The lowest BCUT2D eigenvalue weighted by Gasteiger charge is -2.04. The number of hydrogen-bond donors (Lipinski definition) is 2. The van der Waals surface area contributed by atoms with Crippen molar-refractivity contribution in [2.75, 3.05) is 11.1 Å². The molecule has 1 aromatic carbocycles. The highest BCUT2D eigenvalue weighted by molar-refractivity contribution is 7.99. The summed E-state index contributed by atoms with van der Waals surface area (Å²) < 4.78 is 0. The molecule has 0 aliphatic carbocycles.